The minimum absolute atomic E-state index is 0.432. The lowest BCUT2D eigenvalue weighted by Gasteiger charge is -2.24. The van der Waals surface area contributed by atoms with Crippen molar-refractivity contribution in [1.82, 2.24) is 20.3 Å². The lowest BCUT2D eigenvalue weighted by atomic mass is 10.1. The van der Waals surface area contributed by atoms with Crippen LogP contribution in [0.5, 0.6) is 0 Å². The first-order valence-corrected chi connectivity index (χ1v) is 6.11. The van der Waals surface area contributed by atoms with Crippen molar-refractivity contribution in [3.8, 4) is 11.3 Å². The van der Waals surface area contributed by atoms with E-state index >= 15 is 0 Å². The van der Waals surface area contributed by atoms with Gasteiger partial charge in [-0.3, -0.25) is 0 Å². The van der Waals surface area contributed by atoms with Crippen molar-refractivity contribution < 1.29 is 0 Å². The summed E-state index contributed by atoms with van der Waals surface area (Å²) in [5.41, 5.74) is 2.29. The van der Waals surface area contributed by atoms with E-state index in [1.54, 1.807) is 0 Å². The van der Waals surface area contributed by atoms with Gasteiger partial charge in [0.05, 0.1) is 17.9 Å². The third-order valence-electron chi connectivity index (χ3n) is 3.26. The second kappa shape index (κ2) is 4.67. The molecule has 0 radical (unpaired) electrons. The molecule has 0 aliphatic carbocycles. The third kappa shape index (κ3) is 2.08. The molecule has 3 rings (SSSR count). The largest absolute Gasteiger partial charge is 0.315 e. The second-order valence-electron chi connectivity index (χ2n) is 4.43. The van der Waals surface area contributed by atoms with Crippen molar-refractivity contribution >= 4 is 0 Å². The summed E-state index contributed by atoms with van der Waals surface area (Å²) in [5, 5.41) is 11.7. The Hall–Kier alpha value is -1.68. The van der Waals surface area contributed by atoms with Gasteiger partial charge in [0.1, 0.15) is 0 Å². The Morgan fingerprint density at radius 1 is 1.24 bits per heavy atom. The van der Waals surface area contributed by atoms with Gasteiger partial charge in [-0.15, -0.1) is 5.10 Å². The fraction of sp³-hybridized carbons (Fsp3) is 0.385. The molecule has 1 atom stereocenters. The number of piperidine rings is 1. The Labute approximate surface area is 101 Å². The zero-order valence-corrected chi connectivity index (χ0v) is 9.71. The van der Waals surface area contributed by atoms with E-state index in [0.29, 0.717) is 6.04 Å². The van der Waals surface area contributed by atoms with E-state index in [2.05, 4.69) is 32.4 Å². The van der Waals surface area contributed by atoms with Gasteiger partial charge < -0.3 is 5.32 Å². The molecule has 1 N–H and O–H groups in total. The minimum atomic E-state index is 0.432. The molecule has 2 heterocycles. The van der Waals surface area contributed by atoms with Crippen LogP contribution in [0, 0.1) is 0 Å². The summed E-state index contributed by atoms with van der Waals surface area (Å²) in [5.74, 6) is 0. The van der Waals surface area contributed by atoms with Gasteiger partial charge in [0, 0.05) is 12.1 Å². The first kappa shape index (κ1) is 10.5. The molecular weight excluding hydrogens is 212 g/mol. The summed E-state index contributed by atoms with van der Waals surface area (Å²) in [4.78, 5) is 0. The van der Waals surface area contributed by atoms with E-state index in [9.17, 15) is 0 Å². The molecule has 17 heavy (non-hydrogen) atoms. The third-order valence-corrected chi connectivity index (χ3v) is 3.26. The van der Waals surface area contributed by atoms with Gasteiger partial charge in [-0.2, -0.15) is 0 Å². The number of aromatic nitrogens is 3. The standard InChI is InChI=1S/C13H16N4/c1-2-5-11(6-3-1)13-10-15-16-17(13)12-7-4-8-14-9-12/h1-3,5-6,10,12,14H,4,7-9H2. The highest BCUT2D eigenvalue weighted by Gasteiger charge is 2.19. The van der Waals surface area contributed by atoms with Crippen LogP contribution >= 0.6 is 0 Å². The molecule has 1 unspecified atom stereocenters. The van der Waals surface area contributed by atoms with Gasteiger partial charge in [0.25, 0.3) is 0 Å². The van der Waals surface area contributed by atoms with Gasteiger partial charge in [-0.1, -0.05) is 35.5 Å². The van der Waals surface area contributed by atoms with E-state index in [4.69, 9.17) is 0 Å². The topological polar surface area (TPSA) is 42.7 Å². The van der Waals surface area contributed by atoms with E-state index in [1.165, 1.54) is 18.4 Å². The molecule has 4 heteroatoms. The maximum Gasteiger partial charge on any atom is 0.0889 e. The molecular formula is C13H16N4. The summed E-state index contributed by atoms with van der Waals surface area (Å²) in [6.07, 6.45) is 4.24. The lowest BCUT2D eigenvalue weighted by Crippen LogP contribution is -2.32. The highest BCUT2D eigenvalue weighted by Crippen LogP contribution is 2.24. The van der Waals surface area contributed by atoms with Crippen LogP contribution in [-0.4, -0.2) is 28.1 Å². The summed E-state index contributed by atoms with van der Waals surface area (Å²) < 4.78 is 2.06. The number of benzene rings is 1. The molecule has 1 aromatic carbocycles. The van der Waals surface area contributed by atoms with Crippen molar-refractivity contribution in [2.75, 3.05) is 13.1 Å². The molecule has 0 bridgehead atoms. The Morgan fingerprint density at radius 2 is 2.12 bits per heavy atom. The summed E-state index contributed by atoms with van der Waals surface area (Å²) in [6, 6.07) is 10.8. The van der Waals surface area contributed by atoms with Crippen LogP contribution in [0.4, 0.5) is 0 Å². The molecule has 1 saturated heterocycles. The SMILES string of the molecule is c1ccc(-c2cnnn2C2CCCNC2)cc1. The Bertz CT molecular complexity index is 471. The predicted octanol–water partition coefficient (Wildman–Crippen LogP) is 1.87. The molecule has 0 amide bonds. The molecule has 1 aliphatic heterocycles. The Kier molecular flexibility index (Phi) is 2.88. The predicted molar refractivity (Wildman–Crippen MR) is 66.6 cm³/mol. The van der Waals surface area contributed by atoms with Crippen LogP contribution in [-0.2, 0) is 0 Å². The van der Waals surface area contributed by atoms with Crippen molar-refractivity contribution in [2.24, 2.45) is 0 Å². The van der Waals surface area contributed by atoms with Crippen molar-refractivity contribution in [3.63, 3.8) is 0 Å². The van der Waals surface area contributed by atoms with Crippen LogP contribution < -0.4 is 5.32 Å². The number of hydrogen-bond donors (Lipinski definition) is 1. The monoisotopic (exact) mass is 228 g/mol. The van der Waals surface area contributed by atoms with Crippen molar-refractivity contribution in [2.45, 2.75) is 18.9 Å². The molecule has 1 fully saturated rings. The molecule has 4 nitrogen and oxygen atoms in total. The fourth-order valence-electron chi connectivity index (χ4n) is 2.37. The fourth-order valence-corrected chi connectivity index (χ4v) is 2.37. The van der Waals surface area contributed by atoms with Gasteiger partial charge in [0.2, 0.25) is 0 Å². The van der Waals surface area contributed by atoms with Crippen LogP contribution in [0.15, 0.2) is 36.5 Å². The van der Waals surface area contributed by atoms with Crippen LogP contribution in [0.25, 0.3) is 11.3 Å². The molecule has 2 aromatic rings. The highest BCUT2D eigenvalue weighted by atomic mass is 15.4. The maximum absolute atomic E-state index is 4.24. The molecule has 1 aliphatic rings. The maximum atomic E-state index is 4.24. The highest BCUT2D eigenvalue weighted by molar-refractivity contribution is 5.58. The average Bonchev–Trinajstić information content (AvgIpc) is 2.90. The number of rotatable bonds is 2. The molecule has 88 valence electrons. The zero-order chi connectivity index (χ0) is 11.5. The molecule has 1 aromatic heterocycles. The normalized spacial score (nSPS) is 20.4. The number of nitrogens with zero attached hydrogens (tertiary/aromatic N) is 3. The van der Waals surface area contributed by atoms with Crippen molar-refractivity contribution in [3.05, 3.63) is 36.5 Å². The van der Waals surface area contributed by atoms with Crippen LogP contribution in [0.1, 0.15) is 18.9 Å². The Balaban J connectivity index is 1.93. The Morgan fingerprint density at radius 3 is 2.88 bits per heavy atom. The van der Waals surface area contributed by atoms with Gasteiger partial charge >= 0.3 is 0 Å². The van der Waals surface area contributed by atoms with E-state index in [-0.39, 0.29) is 0 Å². The van der Waals surface area contributed by atoms with E-state index in [0.717, 1.165) is 18.8 Å². The van der Waals surface area contributed by atoms with Gasteiger partial charge in [-0.05, 0) is 19.4 Å². The van der Waals surface area contributed by atoms with Crippen LogP contribution in [0.3, 0.4) is 0 Å². The average molecular weight is 228 g/mol. The zero-order valence-electron chi connectivity index (χ0n) is 9.71. The molecule has 0 saturated carbocycles. The number of hydrogen-bond acceptors (Lipinski definition) is 3. The van der Waals surface area contributed by atoms with Gasteiger partial charge in [0.15, 0.2) is 0 Å². The quantitative estimate of drug-likeness (QED) is 0.853. The van der Waals surface area contributed by atoms with E-state index < -0.39 is 0 Å². The summed E-state index contributed by atoms with van der Waals surface area (Å²) in [6.45, 7) is 2.11. The van der Waals surface area contributed by atoms with Gasteiger partial charge in [-0.25, -0.2) is 4.68 Å². The van der Waals surface area contributed by atoms with Crippen LogP contribution in [0.2, 0.25) is 0 Å². The smallest absolute Gasteiger partial charge is 0.0889 e. The van der Waals surface area contributed by atoms with E-state index in [1.807, 2.05) is 24.4 Å². The number of nitrogens with one attached hydrogen (secondary N) is 1. The second-order valence-corrected chi connectivity index (χ2v) is 4.43. The minimum Gasteiger partial charge on any atom is -0.315 e. The van der Waals surface area contributed by atoms with Crippen molar-refractivity contribution in [1.29, 1.82) is 0 Å². The summed E-state index contributed by atoms with van der Waals surface area (Å²) >= 11 is 0. The first-order valence-electron chi connectivity index (χ1n) is 6.11. The molecule has 0 spiro atoms. The lowest BCUT2D eigenvalue weighted by molar-refractivity contribution is 0.344. The summed E-state index contributed by atoms with van der Waals surface area (Å²) in [7, 11) is 0. The first-order chi connectivity index (χ1) is 8.45.